The van der Waals surface area contributed by atoms with Crippen molar-refractivity contribution in [2.45, 2.75) is 19.0 Å². The Kier molecular flexibility index (Phi) is 7.29. The standard InChI is InChI=1S/C27H25F3N4O4/c1-16-21(26(37)38)22(18-8-6-17(15-31)7-9-18)23(24(35)33-12-10-32(2)11-13-33)25(36)34(16)20-5-3-4-19(14-20)27(28,29)30/h3-9,14,22-23H,10-13H2,1-2H3,(H,37,38)/p-1. The molecule has 0 aliphatic carbocycles. The second-order valence-corrected chi connectivity index (χ2v) is 9.33. The number of benzene rings is 2. The maximum atomic E-state index is 14.0. The van der Waals surface area contributed by atoms with Crippen LogP contribution in [-0.4, -0.2) is 60.8 Å². The minimum Gasteiger partial charge on any atom is -0.545 e. The molecule has 1 fully saturated rings. The van der Waals surface area contributed by atoms with Gasteiger partial charge in [-0.3, -0.25) is 14.5 Å². The van der Waals surface area contributed by atoms with E-state index in [0.29, 0.717) is 37.3 Å². The molecule has 0 radical (unpaired) electrons. The number of carboxylic acid groups (broad SMARTS) is 1. The molecule has 0 bridgehead atoms. The van der Waals surface area contributed by atoms with Crippen molar-refractivity contribution in [1.29, 1.82) is 5.26 Å². The number of allylic oxidation sites excluding steroid dienone is 1. The number of carboxylic acids is 1. The Morgan fingerprint density at radius 2 is 1.68 bits per heavy atom. The van der Waals surface area contributed by atoms with Gasteiger partial charge < -0.3 is 19.7 Å². The third kappa shape index (κ3) is 4.99. The van der Waals surface area contributed by atoms with Crippen LogP contribution in [-0.2, 0) is 20.6 Å². The molecular weight excluding hydrogens is 501 g/mol. The summed E-state index contributed by atoms with van der Waals surface area (Å²) in [6, 6.07) is 11.7. The fraction of sp³-hybridized carbons (Fsp3) is 0.333. The third-order valence-corrected chi connectivity index (χ3v) is 6.99. The number of nitrogens with zero attached hydrogens (tertiary/aromatic N) is 4. The number of hydrogen-bond donors (Lipinski definition) is 0. The van der Waals surface area contributed by atoms with Crippen LogP contribution in [0.25, 0.3) is 0 Å². The van der Waals surface area contributed by atoms with E-state index in [0.717, 1.165) is 23.1 Å². The number of carbonyl (C=O) groups excluding carboxylic acids is 3. The predicted molar refractivity (Wildman–Crippen MR) is 128 cm³/mol. The zero-order valence-corrected chi connectivity index (χ0v) is 20.7. The number of hydrogen-bond acceptors (Lipinski definition) is 6. The van der Waals surface area contributed by atoms with E-state index in [4.69, 9.17) is 5.26 Å². The van der Waals surface area contributed by atoms with Crippen molar-refractivity contribution in [1.82, 2.24) is 9.80 Å². The quantitative estimate of drug-likeness (QED) is 0.566. The van der Waals surface area contributed by atoms with Gasteiger partial charge in [-0.05, 0) is 49.9 Å². The second-order valence-electron chi connectivity index (χ2n) is 9.33. The molecule has 0 aromatic heterocycles. The van der Waals surface area contributed by atoms with Gasteiger partial charge >= 0.3 is 6.18 Å². The van der Waals surface area contributed by atoms with Crippen molar-refractivity contribution >= 4 is 23.5 Å². The number of likely N-dealkylation sites (N-methyl/N-ethyl adjacent to an activating group) is 1. The molecule has 2 heterocycles. The SMILES string of the molecule is CC1=C(C(=O)[O-])C(c2ccc(C#N)cc2)C(C(=O)N2CCN(C)CC2)C(=O)N1c1cccc(C(F)(F)F)c1. The van der Waals surface area contributed by atoms with Gasteiger partial charge in [0.1, 0.15) is 5.92 Å². The van der Waals surface area contributed by atoms with Gasteiger partial charge in [-0.15, -0.1) is 0 Å². The number of carbonyl (C=O) groups is 3. The Balaban J connectivity index is 1.91. The van der Waals surface area contributed by atoms with Crippen LogP contribution in [0.3, 0.4) is 0 Å². The third-order valence-electron chi connectivity index (χ3n) is 6.99. The topological polar surface area (TPSA) is 108 Å². The minimum absolute atomic E-state index is 0.147. The van der Waals surface area contributed by atoms with Gasteiger partial charge in [0.05, 0.1) is 23.2 Å². The largest absolute Gasteiger partial charge is 0.545 e. The Hall–Kier alpha value is -4.17. The summed E-state index contributed by atoms with van der Waals surface area (Å²) in [6.45, 7) is 2.97. The van der Waals surface area contributed by atoms with Crippen LogP contribution < -0.4 is 10.0 Å². The van der Waals surface area contributed by atoms with Crippen molar-refractivity contribution in [2.75, 3.05) is 38.1 Å². The lowest BCUT2D eigenvalue weighted by molar-refractivity contribution is -0.299. The first-order chi connectivity index (χ1) is 17.9. The number of anilines is 1. The Labute approximate surface area is 217 Å². The molecule has 2 atom stereocenters. The summed E-state index contributed by atoms with van der Waals surface area (Å²) in [4.78, 5) is 44.7. The molecule has 2 aromatic carbocycles. The van der Waals surface area contributed by atoms with Gasteiger partial charge in [0, 0.05) is 49.1 Å². The molecule has 8 nitrogen and oxygen atoms in total. The molecule has 2 unspecified atom stereocenters. The number of piperazine rings is 1. The Morgan fingerprint density at radius 3 is 2.24 bits per heavy atom. The highest BCUT2D eigenvalue weighted by atomic mass is 19.4. The summed E-state index contributed by atoms with van der Waals surface area (Å²) in [7, 11) is 1.88. The molecule has 2 aliphatic rings. The highest BCUT2D eigenvalue weighted by molar-refractivity contribution is 6.14. The van der Waals surface area contributed by atoms with Crippen LogP contribution in [0, 0.1) is 17.2 Å². The van der Waals surface area contributed by atoms with E-state index in [1.807, 2.05) is 18.0 Å². The van der Waals surface area contributed by atoms with Crippen molar-refractivity contribution in [3.05, 3.63) is 76.5 Å². The van der Waals surface area contributed by atoms with Gasteiger partial charge in [0.25, 0.3) is 0 Å². The number of amides is 2. The fourth-order valence-corrected chi connectivity index (χ4v) is 4.97. The highest BCUT2D eigenvalue weighted by Gasteiger charge is 2.48. The van der Waals surface area contributed by atoms with E-state index in [1.165, 1.54) is 42.2 Å². The van der Waals surface area contributed by atoms with Crippen LogP contribution in [0.15, 0.2) is 59.8 Å². The summed E-state index contributed by atoms with van der Waals surface area (Å²) in [5.41, 5.74) is -1.19. The van der Waals surface area contributed by atoms with Crippen LogP contribution in [0.5, 0.6) is 0 Å². The van der Waals surface area contributed by atoms with Gasteiger partial charge in [-0.25, -0.2) is 0 Å². The molecule has 38 heavy (non-hydrogen) atoms. The van der Waals surface area contributed by atoms with Crippen molar-refractivity contribution in [3.8, 4) is 6.07 Å². The monoisotopic (exact) mass is 525 g/mol. The van der Waals surface area contributed by atoms with Crippen LogP contribution >= 0.6 is 0 Å². The molecule has 2 aromatic rings. The van der Waals surface area contributed by atoms with Crippen LogP contribution in [0.4, 0.5) is 18.9 Å². The predicted octanol–water partition coefficient (Wildman–Crippen LogP) is 2.12. The molecule has 4 rings (SSSR count). The average molecular weight is 526 g/mol. The van der Waals surface area contributed by atoms with Crippen LogP contribution in [0.2, 0.25) is 0 Å². The number of alkyl halides is 3. The Bertz CT molecular complexity index is 1340. The lowest BCUT2D eigenvalue weighted by atomic mass is 9.75. The lowest BCUT2D eigenvalue weighted by Gasteiger charge is -2.43. The molecule has 2 aliphatic heterocycles. The summed E-state index contributed by atoms with van der Waals surface area (Å²) >= 11 is 0. The van der Waals surface area contributed by atoms with E-state index < -0.39 is 41.4 Å². The van der Waals surface area contributed by atoms with Crippen molar-refractivity contribution < 1.29 is 32.7 Å². The number of halogens is 3. The zero-order valence-electron chi connectivity index (χ0n) is 20.7. The fourth-order valence-electron chi connectivity index (χ4n) is 4.97. The maximum Gasteiger partial charge on any atom is 0.416 e. The molecule has 0 saturated carbocycles. The molecule has 1 saturated heterocycles. The smallest absolute Gasteiger partial charge is 0.416 e. The average Bonchev–Trinajstić information content (AvgIpc) is 2.88. The molecule has 11 heteroatoms. The molecule has 0 spiro atoms. The second kappa shape index (κ2) is 10.3. The van der Waals surface area contributed by atoms with Gasteiger partial charge in [0.15, 0.2) is 0 Å². The zero-order chi connectivity index (χ0) is 27.8. The molecule has 2 amide bonds. The maximum absolute atomic E-state index is 14.0. The van der Waals surface area contributed by atoms with E-state index >= 15 is 0 Å². The first kappa shape index (κ1) is 26.9. The Morgan fingerprint density at radius 1 is 1.05 bits per heavy atom. The summed E-state index contributed by atoms with van der Waals surface area (Å²) in [5, 5.41) is 21.7. The van der Waals surface area contributed by atoms with Crippen LogP contribution in [0.1, 0.15) is 29.5 Å². The first-order valence-electron chi connectivity index (χ1n) is 11.8. The molecule has 198 valence electrons. The van der Waals surface area contributed by atoms with E-state index in [-0.39, 0.29) is 17.0 Å². The van der Waals surface area contributed by atoms with E-state index in [2.05, 4.69) is 0 Å². The number of aliphatic carboxylic acids is 1. The van der Waals surface area contributed by atoms with E-state index in [1.54, 1.807) is 0 Å². The summed E-state index contributed by atoms with van der Waals surface area (Å²) < 4.78 is 40.4. The summed E-state index contributed by atoms with van der Waals surface area (Å²) in [6.07, 6.45) is -4.70. The lowest BCUT2D eigenvalue weighted by Crippen LogP contribution is -2.56. The van der Waals surface area contributed by atoms with Gasteiger partial charge in [-0.1, -0.05) is 18.2 Å². The van der Waals surface area contributed by atoms with E-state index in [9.17, 15) is 32.7 Å². The number of nitriles is 1. The molecule has 0 N–H and O–H groups in total. The summed E-state index contributed by atoms with van der Waals surface area (Å²) in [5.74, 6) is -5.96. The van der Waals surface area contributed by atoms with Gasteiger partial charge in [0.2, 0.25) is 11.8 Å². The highest BCUT2D eigenvalue weighted by Crippen LogP contribution is 2.43. The van der Waals surface area contributed by atoms with Gasteiger partial charge in [-0.2, -0.15) is 18.4 Å². The number of rotatable bonds is 4. The molecular formula is C27H24F3N4O4-. The normalized spacial score (nSPS) is 20.9. The van der Waals surface area contributed by atoms with Crippen molar-refractivity contribution in [2.24, 2.45) is 5.92 Å². The minimum atomic E-state index is -4.70. The first-order valence-corrected chi connectivity index (χ1v) is 11.8. The van der Waals surface area contributed by atoms with Crippen molar-refractivity contribution in [3.63, 3.8) is 0 Å².